The molecule has 0 aromatic rings. The molecule has 0 atom stereocenters. The summed E-state index contributed by atoms with van der Waals surface area (Å²) in [6.07, 6.45) is 4.33. The van der Waals surface area contributed by atoms with E-state index in [1.807, 2.05) is 0 Å². The molecule has 0 aliphatic heterocycles. The van der Waals surface area contributed by atoms with E-state index in [2.05, 4.69) is 36.7 Å². The first-order valence-corrected chi connectivity index (χ1v) is 5.69. The summed E-state index contributed by atoms with van der Waals surface area (Å²) in [4.78, 5) is 0. The van der Waals surface area contributed by atoms with E-state index in [1.165, 1.54) is 24.6 Å². The summed E-state index contributed by atoms with van der Waals surface area (Å²) in [6, 6.07) is 0. The van der Waals surface area contributed by atoms with E-state index in [-0.39, 0.29) is 0 Å². The molecule has 11 heavy (non-hydrogen) atoms. The van der Waals surface area contributed by atoms with Crippen LogP contribution in [0.5, 0.6) is 0 Å². The monoisotopic (exact) mass is 218 g/mol. The standard InChI is InChI=1S/C10H19Br/c1-10(2,3)6-8-4-9(5-8)7-11/h8-9H,4-7H2,1-3H3. The molecule has 0 spiro atoms. The van der Waals surface area contributed by atoms with Gasteiger partial charge in [-0.25, -0.2) is 0 Å². The van der Waals surface area contributed by atoms with Gasteiger partial charge in [0.1, 0.15) is 0 Å². The molecule has 0 bridgehead atoms. The highest BCUT2D eigenvalue weighted by Crippen LogP contribution is 2.41. The zero-order chi connectivity index (χ0) is 8.48. The van der Waals surface area contributed by atoms with E-state index in [4.69, 9.17) is 0 Å². The molecule has 0 N–H and O–H groups in total. The molecular formula is C10H19Br. The lowest BCUT2D eigenvalue weighted by molar-refractivity contribution is 0.151. The molecule has 0 radical (unpaired) electrons. The molecular weight excluding hydrogens is 200 g/mol. The van der Waals surface area contributed by atoms with Crippen molar-refractivity contribution in [3.63, 3.8) is 0 Å². The predicted molar refractivity (Wildman–Crippen MR) is 54.1 cm³/mol. The van der Waals surface area contributed by atoms with E-state index in [0.29, 0.717) is 5.41 Å². The van der Waals surface area contributed by atoms with Gasteiger partial charge in [-0.15, -0.1) is 0 Å². The molecule has 1 heteroatoms. The molecule has 1 rings (SSSR count). The second-order valence-corrected chi connectivity index (χ2v) is 5.77. The molecule has 0 amide bonds. The summed E-state index contributed by atoms with van der Waals surface area (Å²) < 4.78 is 0. The van der Waals surface area contributed by atoms with Crippen molar-refractivity contribution >= 4 is 15.9 Å². The molecule has 0 saturated heterocycles. The smallest absolute Gasteiger partial charge is 0.00598 e. The molecule has 0 heterocycles. The van der Waals surface area contributed by atoms with Gasteiger partial charge in [-0.05, 0) is 36.5 Å². The molecule has 0 nitrogen and oxygen atoms in total. The zero-order valence-electron chi connectivity index (χ0n) is 7.86. The average Bonchev–Trinajstić information content (AvgIpc) is 1.75. The number of alkyl halides is 1. The van der Waals surface area contributed by atoms with Gasteiger partial charge in [-0.2, -0.15) is 0 Å². The minimum Gasteiger partial charge on any atom is -0.0925 e. The van der Waals surface area contributed by atoms with Crippen molar-refractivity contribution in [3.8, 4) is 0 Å². The van der Waals surface area contributed by atoms with Crippen LogP contribution >= 0.6 is 15.9 Å². The van der Waals surface area contributed by atoms with Gasteiger partial charge in [0.25, 0.3) is 0 Å². The highest BCUT2D eigenvalue weighted by Gasteiger charge is 2.30. The van der Waals surface area contributed by atoms with Gasteiger partial charge in [-0.3, -0.25) is 0 Å². The van der Waals surface area contributed by atoms with Gasteiger partial charge in [0.2, 0.25) is 0 Å². The van der Waals surface area contributed by atoms with Crippen molar-refractivity contribution in [2.75, 3.05) is 5.33 Å². The fourth-order valence-corrected chi connectivity index (χ4v) is 2.56. The van der Waals surface area contributed by atoms with Crippen molar-refractivity contribution in [2.24, 2.45) is 17.3 Å². The predicted octanol–water partition coefficient (Wildman–Crippen LogP) is 3.84. The molecule has 0 aromatic heterocycles. The SMILES string of the molecule is CC(C)(C)CC1CC(CBr)C1. The van der Waals surface area contributed by atoms with Crippen LogP contribution in [0.4, 0.5) is 0 Å². The van der Waals surface area contributed by atoms with Gasteiger partial charge < -0.3 is 0 Å². The average molecular weight is 219 g/mol. The van der Waals surface area contributed by atoms with E-state index in [1.54, 1.807) is 0 Å². The van der Waals surface area contributed by atoms with Gasteiger partial charge in [0.05, 0.1) is 0 Å². The first-order valence-electron chi connectivity index (χ1n) is 4.57. The molecule has 0 aromatic carbocycles. The fraction of sp³-hybridized carbons (Fsp3) is 1.00. The van der Waals surface area contributed by atoms with Gasteiger partial charge in [0.15, 0.2) is 0 Å². The Kier molecular flexibility index (Phi) is 3.02. The van der Waals surface area contributed by atoms with Crippen molar-refractivity contribution in [2.45, 2.75) is 40.0 Å². The summed E-state index contributed by atoms with van der Waals surface area (Å²) in [5, 5.41) is 1.22. The van der Waals surface area contributed by atoms with E-state index < -0.39 is 0 Å². The maximum atomic E-state index is 3.53. The maximum Gasteiger partial charge on any atom is 0.00598 e. The fourth-order valence-electron chi connectivity index (χ4n) is 2.03. The highest BCUT2D eigenvalue weighted by atomic mass is 79.9. The summed E-state index contributed by atoms with van der Waals surface area (Å²) in [5.41, 5.74) is 0.544. The maximum absolute atomic E-state index is 3.53. The Labute approximate surface area is 78.9 Å². The molecule has 1 fully saturated rings. The van der Waals surface area contributed by atoms with E-state index >= 15 is 0 Å². The summed E-state index contributed by atoms with van der Waals surface area (Å²) >= 11 is 3.53. The van der Waals surface area contributed by atoms with Crippen molar-refractivity contribution in [1.82, 2.24) is 0 Å². The first-order chi connectivity index (χ1) is 5.01. The van der Waals surface area contributed by atoms with Crippen LogP contribution in [0.25, 0.3) is 0 Å². The molecule has 1 aliphatic carbocycles. The van der Waals surface area contributed by atoms with Crippen LogP contribution in [0.1, 0.15) is 40.0 Å². The topological polar surface area (TPSA) is 0 Å². The van der Waals surface area contributed by atoms with Crippen molar-refractivity contribution in [3.05, 3.63) is 0 Å². The third-order valence-electron chi connectivity index (χ3n) is 2.45. The second kappa shape index (κ2) is 3.47. The molecule has 66 valence electrons. The number of hydrogen-bond donors (Lipinski definition) is 0. The van der Waals surface area contributed by atoms with Crippen LogP contribution in [0.3, 0.4) is 0 Å². The lowest BCUT2D eigenvalue weighted by Crippen LogP contribution is -2.28. The number of rotatable bonds is 2. The van der Waals surface area contributed by atoms with E-state index in [9.17, 15) is 0 Å². The van der Waals surface area contributed by atoms with Crippen LogP contribution in [0.2, 0.25) is 0 Å². The van der Waals surface area contributed by atoms with E-state index in [0.717, 1.165) is 11.8 Å². The Morgan fingerprint density at radius 1 is 1.18 bits per heavy atom. The first kappa shape index (κ1) is 9.57. The van der Waals surface area contributed by atoms with Gasteiger partial charge in [-0.1, -0.05) is 36.7 Å². The molecule has 0 unspecified atom stereocenters. The summed E-state index contributed by atoms with van der Waals surface area (Å²) in [6.45, 7) is 7.03. The van der Waals surface area contributed by atoms with Crippen LogP contribution in [0.15, 0.2) is 0 Å². The Morgan fingerprint density at radius 2 is 1.73 bits per heavy atom. The normalized spacial score (nSPS) is 31.6. The molecule has 1 saturated carbocycles. The Morgan fingerprint density at radius 3 is 2.09 bits per heavy atom. The minimum atomic E-state index is 0.544. The number of halogens is 1. The number of hydrogen-bond acceptors (Lipinski definition) is 0. The summed E-state index contributed by atoms with van der Waals surface area (Å²) in [5.74, 6) is 2.01. The second-order valence-electron chi connectivity index (χ2n) is 5.12. The lowest BCUT2D eigenvalue weighted by atomic mass is 9.69. The Balaban J connectivity index is 2.14. The highest BCUT2D eigenvalue weighted by molar-refractivity contribution is 9.09. The largest absolute Gasteiger partial charge is 0.0925 e. The molecule has 1 aliphatic rings. The Hall–Kier alpha value is 0.480. The van der Waals surface area contributed by atoms with Gasteiger partial charge in [0, 0.05) is 5.33 Å². The zero-order valence-corrected chi connectivity index (χ0v) is 9.45. The van der Waals surface area contributed by atoms with Crippen LogP contribution in [-0.2, 0) is 0 Å². The minimum absolute atomic E-state index is 0.544. The van der Waals surface area contributed by atoms with Crippen molar-refractivity contribution in [1.29, 1.82) is 0 Å². The Bertz CT molecular complexity index is 117. The van der Waals surface area contributed by atoms with Crippen LogP contribution in [-0.4, -0.2) is 5.33 Å². The third kappa shape index (κ3) is 3.14. The van der Waals surface area contributed by atoms with Crippen LogP contribution in [0, 0.1) is 17.3 Å². The third-order valence-corrected chi connectivity index (χ3v) is 3.37. The van der Waals surface area contributed by atoms with Crippen molar-refractivity contribution < 1.29 is 0 Å². The lowest BCUT2D eigenvalue weighted by Gasteiger charge is -2.38. The van der Waals surface area contributed by atoms with Gasteiger partial charge >= 0.3 is 0 Å². The quantitative estimate of drug-likeness (QED) is 0.619. The van der Waals surface area contributed by atoms with Crippen LogP contribution < -0.4 is 0 Å². The summed E-state index contributed by atoms with van der Waals surface area (Å²) in [7, 11) is 0.